The molecule has 122 valence electrons. The molecule has 4 saturated heterocycles. The molecule has 0 atom stereocenters. The molecule has 4 fully saturated rings. The summed E-state index contributed by atoms with van der Waals surface area (Å²) in [5, 5.41) is 1.40. The number of benzene rings is 1. The van der Waals surface area contributed by atoms with Crippen LogP contribution in [0.2, 0.25) is 0 Å². The average molecular weight is 310 g/mol. The average Bonchev–Trinajstić information content (AvgIpc) is 2.81. The maximum absolute atomic E-state index is 6.66. The van der Waals surface area contributed by atoms with Crippen molar-refractivity contribution in [2.24, 2.45) is 23.6 Å². The van der Waals surface area contributed by atoms with Gasteiger partial charge in [0.25, 0.3) is 0 Å². The van der Waals surface area contributed by atoms with Gasteiger partial charge >= 0.3 is 0 Å². The summed E-state index contributed by atoms with van der Waals surface area (Å²) in [6.45, 7) is 9.24. The van der Waals surface area contributed by atoms with Crippen LogP contribution >= 0.6 is 0 Å². The van der Waals surface area contributed by atoms with Crippen molar-refractivity contribution in [3.05, 3.63) is 36.0 Å². The Bertz CT molecular complexity index is 754. The fraction of sp³-hybridized carbons (Fsp3) is 0.579. The summed E-state index contributed by atoms with van der Waals surface area (Å²) >= 11 is 0. The van der Waals surface area contributed by atoms with E-state index in [4.69, 9.17) is 5.73 Å². The highest BCUT2D eigenvalue weighted by molar-refractivity contribution is 5.84. The van der Waals surface area contributed by atoms with Gasteiger partial charge in [-0.05, 0) is 6.07 Å². The molecular formula is C19H26N4. The Morgan fingerprint density at radius 3 is 2.17 bits per heavy atom. The Morgan fingerprint density at radius 1 is 1.00 bits per heavy atom. The summed E-state index contributed by atoms with van der Waals surface area (Å²) < 4.78 is 2.27. The number of aromatic nitrogens is 1. The first-order valence-electron chi connectivity index (χ1n) is 8.69. The lowest BCUT2D eigenvalue weighted by Gasteiger charge is -2.68. The molecule has 0 saturated carbocycles. The predicted octanol–water partition coefficient (Wildman–Crippen LogP) is 2.16. The summed E-state index contributed by atoms with van der Waals surface area (Å²) in [6, 6.07) is 9.09. The van der Waals surface area contributed by atoms with Crippen molar-refractivity contribution < 1.29 is 0 Å². The second-order valence-corrected chi connectivity index (χ2v) is 8.68. The molecule has 4 nitrogen and oxygen atoms in total. The van der Waals surface area contributed by atoms with Crippen LogP contribution in [0.25, 0.3) is 10.9 Å². The van der Waals surface area contributed by atoms with E-state index >= 15 is 0 Å². The van der Waals surface area contributed by atoms with Crippen molar-refractivity contribution in [3.63, 3.8) is 0 Å². The van der Waals surface area contributed by atoms with Gasteiger partial charge in [0, 0.05) is 72.8 Å². The molecule has 5 heterocycles. The SMILES string of the molecule is Cn1cc(C2N3CC4(C)CN2CC(C)(C3)C4N)c2ccccc21. The molecule has 4 aliphatic rings. The molecule has 4 bridgehead atoms. The van der Waals surface area contributed by atoms with Crippen LogP contribution in [0.1, 0.15) is 25.6 Å². The number of nitrogens with two attached hydrogens (primary N) is 1. The number of aryl methyl sites for hydroxylation is 1. The number of para-hydroxylation sites is 1. The third-order valence-corrected chi connectivity index (χ3v) is 6.66. The number of hydrogen-bond donors (Lipinski definition) is 1. The van der Waals surface area contributed by atoms with E-state index in [9.17, 15) is 0 Å². The third kappa shape index (κ3) is 1.66. The Kier molecular flexibility index (Phi) is 2.55. The van der Waals surface area contributed by atoms with Crippen LogP contribution in [-0.4, -0.2) is 46.6 Å². The first-order valence-corrected chi connectivity index (χ1v) is 8.69. The van der Waals surface area contributed by atoms with Gasteiger partial charge in [0.15, 0.2) is 0 Å². The molecule has 0 aliphatic carbocycles. The lowest BCUT2D eigenvalue weighted by Crippen LogP contribution is -2.78. The van der Waals surface area contributed by atoms with E-state index in [0.717, 1.165) is 26.2 Å². The van der Waals surface area contributed by atoms with Crippen molar-refractivity contribution >= 4 is 10.9 Å². The van der Waals surface area contributed by atoms with Crippen LogP contribution < -0.4 is 5.73 Å². The zero-order valence-corrected chi connectivity index (χ0v) is 14.3. The Labute approximate surface area is 137 Å². The quantitative estimate of drug-likeness (QED) is 0.877. The molecule has 0 unspecified atom stereocenters. The number of piperidine rings is 2. The molecule has 0 radical (unpaired) electrons. The van der Waals surface area contributed by atoms with Gasteiger partial charge in [-0.1, -0.05) is 32.0 Å². The monoisotopic (exact) mass is 310 g/mol. The van der Waals surface area contributed by atoms with E-state index < -0.39 is 0 Å². The second kappa shape index (κ2) is 4.18. The van der Waals surface area contributed by atoms with Crippen LogP contribution in [0, 0.1) is 10.8 Å². The molecule has 2 aromatic rings. The van der Waals surface area contributed by atoms with Gasteiger partial charge in [-0.3, -0.25) is 9.80 Å². The largest absolute Gasteiger partial charge is 0.350 e. The molecule has 4 heteroatoms. The highest BCUT2D eigenvalue weighted by atomic mass is 15.4. The summed E-state index contributed by atoms with van der Waals surface area (Å²) in [5.74, 6) is 0. The molecule has 6 rings (SSSR count). The van der Waals surface area contributed by atoms with Gasteiger partial charge in [0.05, 0.1) is 6.17 Å². The van der Waals surface area contributed by atoms with Crippen LogP contribution in [0.3, 0.4) is 0 Å². The van der Waals surface area contributed by atoms with E-state index in [2.05, 4.69) is 65.7 Å². The summed E-state index contributed by atoms with van der Waals surface area (Å²) in [6.07, 6.45) is 2.75. The van der Waals surface area contributed by atoms with Crippen molar-refractivity contribution in [1.29, 1.82) is 0 Å². The Hall–Kier alpha value is -1.36. The van der Waals surface area contributed by atoms with Gasteiger partial charge < -0.3 is 10.3 Å². The minimum absolute atomic E-state index is 0.229. The van der Waals surface area contributed by atoms with Gasteiger partial charge in [-0.2, -0.15) is 0 Å². The fourth-order valence-electron chi connectivity index (χ4n) is 5.85. The lowest BCUT2D eigenvalue weighted by molar-refractivity contribution is -0.205. The van der Waals surface area contributed by atoms with Gasteiger partial charge in [-0.25, -0.2) is 0 Å². The van der Waals surface area contributed by atoms with Gasteiger partial charge in [-0.15, -0.1) is 0 Å². The maximum atomic E-state index is 6.66. The molecule has 1 aromatic heterocycles. The molecule has 4 aliphatic heterocycles. The van der Waals surface area contributed by atoms with Crippen molar-refractivity contribution in [3.8, 4) is 0 Å². The highest BCUT2D eigenvalue weighted by Crippen LogP contribution is 2.54. The van der Waals surface area contributed by atoms with E-state index in [0.29, 0.717) is 12.2 Å². The molecule has 2 N–H and O–H groups in total. The first kappa shape index (κ1) is 14.0. The topological polar surface area (TPSA) is 37.4 Å². The van der Waals surface area contributed by atoms with Crippen LogP contribution in [-0.2, 0) is 7.05 Å². The summed E-state index contributed by atoms with van der Waals surface area (Å²) in [7, 11) is 2.16. The molecule has 1 aromatic carbocycles. The number of nitrogens with zero attached hydrogens (tertiary/aromatic N) is 3. The smallest absolute Gasteiger partial charge is 0.0907 e. The first-order chi connectivity index (χ1) is 10.9. The Balaban J connectivity index is 1.64. The van der Waals surface area contributed by atoms with Crippen LogP contribution in [0.5, 0.6) is 0 Å². The van der Waals surface area contributed by atoms with Crippen molar-refractivity contribution in [2.75, 3.05) is 26.2 Å². The standard InChI is InChI=1S/C19H26N4/c1-18-9-22-11-19(2,17(18)20)12-23(10-18)16(22)14-8-21(3)15-7-5-4-6-13(14)15/h4-8,16-17H,9-12,20H2,1-3H3. The summed E-state index contributed by atoms with van der Waals surface area (Å²) in [4.78, 5) is 5.36. The summed E-state index contributed by atoms with van der Waals surface area (Å²) in [5.41, 5.74) is 9.90. The minimum Gasteiger partial charge on any atom is -0.350 e. The third-order valence-electron chi connectivity index (χ3n) is 6.66. The number of fused-ring (bicyclic) bond motifs is 1. The maximum Gasteiger partial charge on any atom is 0.0907 e. The minimum atomic E-state index is 0.229. The zero-order chi connectivity index (χ0) is 16.0. The van der Waals surface area contributed by atoms with Crippen LogP contribution in [0.15, 0.2) is 30.5 Å². The van der Waals surface area contributed by atoms with E-state index in [1.165, 1.54) is 16.5 Å². The number of hydrogen-bond acceptors (Lipinski definition) is 3. The van der Waals surface area contributed by atoms with E-state index in [-0.39, 0.29) is 10.8 Å². The molecule has 0 amide bonds. The molecular weight excluding hydrogens is 284 g/mol. The normalized spacial score (nSPS) is 45.0. The fourth-order valence-corrected chi connectivity index (χ4v) is 5.85. The lowest BCUT2D eigenvalue weighted by atomic mass is 9.59. The highest BCUT2D eigenvalue weighted by Gasteiger charge is 2.61. The van der Waals surface area contributed by atoms with Crippen LogP contribution in [0.4, 0.5) is 0 Å². The molecule has 0 spiro atoms. The number of rotatable bonds is 1. The zero-order valence-electron chi connectivity index (χ0n) is 14.3. The van der Waals surface area contributed by atoms with E-state index in [1.807, 2.05) is 0 Å². The van der Waals surface area contributed by atoms with Crippen molar-refractivity contribution in [1.82, 2.24) is 14.4 Å². The Morgan fingerprint density at radius 2 is 1.57 bits per heavy atom. The molecule has 23 heavy (non-hydrogen) atoms. The van der Waals surface area contributed by atoms with Crippen molar-refractivity contribution in [2.45, 2.75) is 26.1 Å². The van der Waals surface area contributed by atoms with Gasteiger partial charge in [0.2, 0.25) is 0 Å². The predicted molar refractivity (Wildman–Crippen MR) is 93.0 cm³/mol. The van der Waals surface area contributed by atoms with E-state index in [1.54, 1.807) is 0 Å². The van der Waals surface area contributed by atoms with Gasteiger partial charge in [0.1, 0.15) is 0 Å². The second-order valence-electron chi connectivity index (χ2n) is 8.68.